The Labute approximate surface area is 121 Å². The van der Waals surface area contributed by atoms with Gasteiger partial charge in [-0.25, -0.2) is 0 Å². The molecule has 0 unspecified atom stereocenters. The van der Waals surface area contributed by atoms with Gasteiger partial charge in [-0.3, -0.25) is 4.79 Å². The summed E-state index contributed by atoms with van der Waals surface area (Å²) >= 11 is 5.89. The largest absolute Gasteiger partial charge is 0.397 e. The van der Waals surface area contributed by atoms with Gasteiger partial charge >= 0.3 is 0 Å². The van der Waals surface area contributed by atoms with Crippen LogP contribution >= 0.6 is 11.6 Å². The fourth-order valence-electron chi connectivity index (χ4n) is 1.75. The monoisotopic (exact) mass is 285 g/mol. The molecule has 2 aromatic rings. The lowest BCUT2D eigenvalue weighted by Crippen LogP contribution is -2.15. The van der Waals surface area contributed by atoms with Crippen molar-refractivity contribution < 1.29 is 4.79 Å². The molecular weight excluding hydrogens is 274 g/mol. The molecular formula is C15H12ClN3O. The van der Waals surface area contributed by atoms with Gasteiger partial charge in [-0.15, -0.1) is 0 Å². The van der Waals surface area contributed by atoms with Crippen molar-refractivity contribution in [2.24, 2.45) is 0 Å². The maximum absolute atomic E-state index is 12.2. The topological polar surface area (TPSA) is 78.9 Å². The number of hydrogen-bond donors (Lipinski definition) is 2. The van der Waals surface area contributed by atoms with E-state index in [9.17, 15) is 4.79 Å². The number of anilines is 2. The fraction of sp³-hybridized carbons (Fsp3) is 0.0667. The van der Waals surface area contributed by atoms with Crippen molar-refractivity contribution in [1.82, 2.24) is 0 Å². The van der Waals surface area contributed by atoms with Gasteiger partial charge in [0.15, 0.2) is 0 Å². The zero-order chi connectivity index (χ0) is 14.7. The zero-order valence-corrected chi connectivity index (χ0v) is 11.5. The number of nitrogens with one attached hydrogen (secondary N) is 1. The Bertz CT molecular complexity index is 720. The number of hydrogen-bond acceptors (Lipinski definition) is 3. The van der Waals surface area contributed by atoms with Gasteiger partial charge in [0.25, 0.3) is 5.91 Å². The second-order valence-corrected chi connectivity index (χ2v) is 4.70. The Morgan fingerprint density at radius 1 is 1.35 bits per heavy atom. The minimum Gasteiger partial charge on any atom is -0.397 e. The van der Waals surface area contributed by atoms with Crippen molar-refractivity contribution in [1.29, 1.82) is 5.26 Å². The van der Waals surface area contributed by atoms with Crippen LogP contribution in [-0.4, -0.2) is 5.91 Å². The van der Waals surface area contributed by atoms with Gasteiger partial charge in [-0.05, 0) is 36.8 Å². The standard InChI is InChI=1S/C15H12ClN3O/c1-9-5-6-10(8-17)7-13(9)19-15(20)11-3-2-4-12(16)14(11)18/h2-7H,18H2,1H3,(H,19,20). The number of para-hydroxylation sites is 1. The number of rotatable bonds is 2. The highest BCUT2D eigenvalue weighted by Gasteiger charge is 2.13. The molecule has 5 heteroatoms. The van der Waals surface area contributed by atoms with Crippen LogP contribution in [0.3, 0.4) is 0 Å². The van der Waals surface area contributed by atoms with Crippen LogP contribution in [0.15, 0.2) is 36.4 Å². The van der Waals surface area contributed by atoms with Crippen LogP contribution in [0.2, 0.25) is 5.02 Å². The minimum absolute atomic E-state index is 0.237. The highest BCUT2D eigenvalue weighted by atomic mass is 35.5. The molecule has 0 saturated carbocycles. The molecule has 0 aliphatic rings. The Kier molecular flexibility index (Phi) is 3.92. The van der Waals surface area contributed by atoms with E-state index in [0.29, 0.717) is 21.8 Å². The lowest BCUT2D eigenvalue weighted by Gasteiger charge is -2.10. The average molecular weight is 286 g/mol. The van der Waals surface area contributed by atoms with Crippen LogP contribution in [0.4, 0.5) is 11.4 Å². The number of nitrogens with two attached hydrogens (primary N) is 1. The summed E-state index contributed by atoms with van der Waals surface area (Å²) in [5.41, 5.74) is 8.24. The van der Waals surface area contributed by atoms with Crippen molar-refractivity contribution in [2.75, 3.05) is 11.1 Å². The van der Waals surface area contributed by atoms with Gasteiger partial charge in [0.2, 0.25) is 0 Å². The highest BCUT2D eigenvalue weighted by molar-refractivity contribution is 6.34. The van der Waals surface area contributed by atoms with Gasteiger partial charge in [0, 0.05) is 5.69 Å². The summed E-state index contributed by atoms with van der Waals surface area (Å²) in [4.78, 5) is 12.2. The van der Waals surface area contributed by atoms with Crippen LogP contribution in [0.25, 0.3) is 0 Å². The molecule has 100 valence electrons. The summed E-state index contributed by atoms with van der Waals surface area (Å²) in [5.74, 6) is -0.358. The number of aryl methyl sites for hydroxylation is 1. The number of carbonyl (C=O) groups is 1. The van der Waals surface area contributed by atoms with Crippen molar-refractivity contribution in [2.45, 2.75) is 6.92 Å². The molecule has 20 heavy (non-hydrogen) atoms. The maximum atomic E-state index is 12.2. The summed E-state index contributed by atoms with van der Waals surface area (Å²) in [6.07, 6.45) is 0. The third-order valence-corrected chi connectivity index (χ3v) is 3.24. The van der Waals surface area contributed by atoms with Crippen LogP contribution in [0.1, 0.15) is 21.5 Å². The summed E-state index contributed by atoms with van der Waals surface area (Å²) in [6.45, 7) is 1.85. The van der Waals surface area contributed by atoms with E-state index in [2.05, 4.69) is 5.32 Å². The van der Waals surface area contributed by atoms with Gasteiger partial charge in [-0.1, -0.05) is 23.7 Å². The third-order valence-electron chi connectivity index (χ3n) is 2.91. The zero-order valence-electron chi connectivity index (χ0n) is 10.8. The number of nitrogens with zero attached hydrogens (tertiary/aromatic N) is 1. The van der Waals surface area contributed by atoms with E-state index < -0.39 is 0 Å². The second-order valence-electron chi connectivity index (χ2n) is 4.30. The number of nitrogen functional groups attached to an aromatic ring is 1. The van der Waals surface area contributed by atoms with Crippen molar-refractivity contribution in [3.8, 4) is 6.07 Å². The molecule has 0 heterocycles. The Morgan fingerprint density at radius 3 is 2.80 bits per heavy atom. The molecule has 2 aromatic carbocycles. The average Bonchev–Trinajstić information content (AvgIpc) is 2.44. The first kappa shape index (κ1) is 13.9. The maximum Gasteiger partial charge on any atom is 0.257 e. The summed E-state index contributed by atoms with van der Waals surface area (Å²) < 4.78 is 0. The fourth-order valence-corrected chi connectivity index (χ4v) is 1.93. The van der Waals surface area contributed by atoms with Gasteiger partial charge in [0.05, 0.1) is 27.9 Å². The summed E-state index contributed by atoms with van der Waals surface area (Å²) in [5, 5.41) is 12.0. The molecule has 0 aliphatic carbocycles. The van der Waals surface area contributed by atoms with Crippen molar-refractivity contribution in [3.63, 3.8) is 0 Å². The molecule has 0 aromatic heterocycles. The van der Waals surface area contributed by atoms with E-state index in [1.165, 1.54) is 0 Å². The quantitative estimate of drug-likeness (QED) is 0.831. The van der Waals surface area contributed by atoms with E-state index >= 15 is 0 Å². The van der Waals surface area contributed by atoms with Gasteiger partial charge in [0.1, 0.15) is 0 Å². The van der Waals surface area contributed by atoms with Gasteiger partial charge < -0.3 is 11.1 Å². The molecule has 0 saturated heterocycles. The number of nitriles is 1. The van der Waals surface area contributed by atoms with Crippen molar-refractivity contribution in [3.05, 3.63) is 58.1 Å². The minimum atomic E-state index is -0.358. The van der Waals surface area contributed by atoms with E-state index in [-0.39, 0.29) is 11.6 Å². The van der Waals surface area contributed by atoms with Crippen LogP contribution in [0, 0.1) is 18.3 Å². The Balaban J connectivity index is 2.33. The number of halogens is 1. The molecule has 3 N–H and O–H groups in total. The van der Waals surface area contributed by atoms with Gasteiger partial charge in [-0.2, -0.15) is 5.26 Å². The lowest BCUT2D eigenvalue weighted by atomic mass is 10.1. The first-order chi connectivity index (χ1) is 9.52. The molecule has 4 nitrogen and oxygen atoms in total. The van der Waals surface area contributed by atoms with E-state index in [0.717, 1.165) is 5.56 Å². The first-order valence-electron chi connectivity index (χ1n) is 5.89. The second kappa shape index (κ2) is 5.64. The summed E-state index contributed by atoms with van der Waals surface area (Å²) in [6, 6.07) is 12.0. The molecule has 0 radical (unpaired) electrons. The third kappa shape index (κ3) is 2.73. The molecule has 2 rings (SSSR count). The van der Waals surface area contributed by atoms with E-state index in [4.69, 9.17) is 22.6 Å². The number of benzene rings is 2. The summed E-state index contributed by atoms with van der Waals surface area (Å²) in [7, 11) is 0. The first-order valence-corrected chi connectivity index (χ1v) is 6.27. The lowest BCUT2D eigenvalue weighted by molar-refractivity contribution is 0.102. The predicted octanol–water partition coefficient (Wildman–Crippen LogP) is 3.35. The Morgan fingerprint density at radius 2 is 2.10 bits per heavy atom. The smallest absolute Gasteiger partial charge is 0.257 e. The highest BCUT2D eigenvalue weighted by Crippen LogP contribution is 2.24. The van der Waals surface area contributed by atoms with Crippen LogP contribution in [-0.2, 0) is 0 Å². The van der Waals surface area contributed by atoms with E-state index in [1.807, 2.05) is 13.0 Å². The van der Waals surface area contributed by atoms with Crippen LogP contribution < -0.4 is 11.1 Å². The Hall–Kier alpha value is -2.51. The number of carbonyl (C=O) groups excluding carboxylic acids is 1. The number of amides is 1. The molecule has 0 atom stereocenters. The predicted molar refractivity (Wildman–Crippen MR) is 79.7 cm³/mol. The normalized spacial score (nSPS) is 9.85. The molecule has 0 aliphatic heterocycles. The molecule has 0 fully saturated rings. The molecule has 1 amide bonds. The molecule has 0 bridgehead atoms. The van der Waals surface area contributed by atoms with E-state index in [1.54, 1.807) is 36.4 Å². The molecule has 0 spiro atoms. The van der Waals surface area contributed by atoms with Crippen LogP contribution in [0.5, 0.6) is 0 Å². The SMILES string of the molecule is Cc1ccc(C#N)cc1NC(=O)c1cccc(Cl)c1N. The van der Waals surface area contributed by atoms with Crippen molar-refractivity contribution >= 4 is 28.9 Å².